The monoisotopic (exact) mass is 352 g/mol. The van der Waals surface area contributed by atoms with Gasteiger partial charge in [-0.05, 0) is 37.6 Å². The number of fused-ring (bicyclic) bond motifs is 1. The number of aromatic amines is 1. The topological polar surface area (TPSA) is 74.6 Å². The molecule has 0 unspecified atom stereocenters. The van der Waals surface area contributed by atoms with Crippen molar-refractivity contribution in [2.45, 2.75) is 20.4 Å². The smallest absolute Gasteiger partial charge is 0.346 e. The molecule has 0 saturated carbocycles. The average molecular weight is 352 g/mol. The Balaban J connectivity index is 2.04. The molecule has 134 valence electrons. The number of ether oxygens (including phenoxy) is 2. The summed E-state index contributed by atoms with van der Waals surface area (Å²) in [7, 11) is 0. The van der Waals surface area contributed by atoms with Gasteiger partial charge in [0.15, 0.2) is 6.20 Å². The van der Waals surface area contributed by atoms with E-state index in [0.29, 0.717) is 31.0 Å². The van der Waals surface area contributed by atoms with Crippen LogP contribution in [0.4, 0.5) is 5.69 Å². The molecular formula is C20H22N3O3+. The summed E-state index contributed by atoms with van der Waals surface area (Å²) in [6, 6.07) is 9.62. The molecule has 1 aromatic carbocycles. The Labute approximate surface area is 152 Å². The highest BCUT2D eigenvalue weighted by molar-refractivity contribution is 6.04. The molecular weight excluding hydrogens is 330 g/mol. The second kappa shape index (κ2) is 8.29. The van der Waals surface area contributed by atoms with Gasteiger partial charge in [0.2, 0.25) is 5.52 Å². The number of rotatable bonds is 7. The fourth-order valence-corrected chi connectivity index (χ4v) is 2.73. The van der Waals surface area contributed by atoms with E-state index in [-0.39, 0.29) is 5.97 Å². The summed E-state index contributed by atoms with van der Waals surface area (Å²) < 4.78 is 10.8. The number of pyridine rings is 2. The Kier molecular flexibility index (Phi) is 5.63. The van der Waals surface area contributed by atoms with E-state index in [1.807, 2.05) is 37.3 Å². The SMILES string of the molecule is CCOC(=O)c1c[nH+]c2ccc(OCC)cc2c1NCc1cccnc1. The Morgan fingerprint density at radius 2 is 2.12 bits per heavy atom. The Bertz CT molecular complexity index is 897. The number of H-pyrrole nitrogens is 1. The quantitative estimate of drug-likeness (QED) is 0.661. The zero-order valence-electron chi connectivity index (χ0n) is 14.9. The van der Waals surface area contributed by atoms with Crippen LogP contribution in [0, 0.1) is 0 Å². The van der Waals surface area contributed by atoms with Crippen molar-refractivity contribution in [3.8, 4) is 5.75 Å². The van der Waals surface area contributed by atoms with Crippen molar-refractivity contribution < 1.29 is 19.3 Å². The van der Waals surface area contributed by atoms with Crippen LogP contribution in [0.1, 0.15) is 29.8 Å². The van der Waals surface area contributed by atoms with Gasteiger partial charge in [0, 0.05) is 25.0 Å². The highest BCUT2D eigenvalue weighted by atomic mass is 16.5. The standard InChI is InChI=1S/C20H21N3O3/c1-3-25-15-7-8-18-16(10-15)19(17(13-22-18)20(24)26-4-2)23-12-14-6-5-9-21-11-14/h5-11,13H,3-4,12H2,1-2H3,(H,22,23)/p+1. The van der Waals surface area contributed by atoms with Gasteiger partial charge >= 0.3 is 5.97 Å². The molecule has 0 atom stereocenters. The van der Waals surface area contributed by atoms with Gasteiger partial charge in [-0.2, -0.15) is 0 Å². The van der Waals surface area contributed by atoms with Crippen molar-refractivity contribution in [3.63, 3.8) is 0 Å². The lowest BCUT2D eigenvalue weighted by molar-refractivity contribution is -0.344. The lowest BCUT2D eigenvalue weighted by Crippen LogP contribution is -2.16. The van der Waals surface area contributed by atoms with E-state index in [1.54, 1.807) is 25.5 Å². The van der Waals surface area contributed by atoms with Crippen LogP contribution in [-0.2, 0) is 11.3 Å². The molecule has 0 aliphatic rings. The zero-order valence-corrected chi connectivity index (χ0v) is 14.9. The number of hydrogen-bond acceptors (Lipinski definition) is 5. The molecule has 26 heavy (non-hydrogen) atoms. The van der Waals surface area contributed by atoms with E-state index in [9.17, 15) is 4.79 Å². The predicted octanol–water partition coefficient (Wildman–Crippen LogP) is 3.24. The van der Waals surface area contributed by atoms with Crippen molar-refractivity contribution in [3.05, 3.63) is 60.0 Å². The molecule has 0 aliphatic carbocycles. The van der Waals surface area contributed by atoms with Gasteiger partial charge in [0.1, 0.15) is 11.3 Å². The predicted molar refractivity (Wildman–Crippen MR) is 99.2 cm³/mol. The van der Waals surface area contributed by atoms with Crippen molar-refractivity contribution in [2.75, 3.05) is 18.5 Å². The first kappa shape index (κ1) is 17.7. The lowest BCUT2D eigenvalue weighted by atomic mass is 10.1. The summed E-state index contributed by atoms with van der Waals surface area (Å²) in [5.41, 5.74) is 3.08. The van der Waals surface area contributed by atoms with Crippen LogP contribution >= 0.6 is 0 Å². The number of nitrogens with zero attached hydrogens (tertiary/aromatic N) is 1. The van der Waals surface area contributed by atoms with Crippen LogP contribution in [-0.4, -0.2) is 24.2 Å². The number of benzene rings is 1. The zero-order chi connectivity index (χ0) is 18.4. The first-order valence-electron chi connectivity index (χ1n) is 8.64. The third kappa shape index (κ3) is 3.91. The molecule has 0 radical (unpaired) electrons. The first-order valence-corrected chi connectivity index (χ1v) is 8.64. The van der Waals surface area contributed by atoms with Crippen LogP contribution in [0.2, 0.25) is 0 Å². The lowest BCUT2D eigenvalue weighted by Gasteiger charge is -2.12. The van der Waals surface area contributed by atoms with Crippen LogP contribution in [0.5, 0.6) is 5.75 Å². The number of esters is 1. The van der Waals surface area contributed by atoms with Crippen molar-refractivity contribution in [1.82, 2.24) is 4.98 Å². The molecule has 0 aliphatic heterocycles. The second-order valence-electron chi connectivity index (χ2n) is 5.65. The Morgan fingerprint density at radius 3 is 2.85 bits per heavy atom. The van der Waals surface area contributed by atoms with E-state index in [1.165, 1.54) is 0 Å². The van der Waals surface area contributed by atoms with Crippen molar-refractivity contribution in [2.24, 2.45) is 0 Å². The van der Waals surface area contributed by atoms with Crippen molar-refractivity contribution >= 4 is 22.6 Å². The molecule has 0 spiro atoms. The largest absolute Gasteiger partial charge is 0.494 e. The third-order valence-electron chi connectivity index (χ3n) is 3.90. The van der Waals surface area contributed by atoms with E-state index in [0.717, 1.165) is 22.2 Å². The van der Waals surface area contributed by atoms with Gasteiger partial charge in [-0.15, -0.1) is 0 Å². The number of aromatic nitrogens is 2. The van der Waals surface area contributed by atoms with Crippen LogP contribution < -0.4 is 15.0 Å². The molecule has 0 fully saturated rings. The maximum atomic E-state index is 12.4. The Morgan fingerprint density at radius 1 is 1.23 bits per heavy atom. The maximum absolute atomic E-state index is 12.4. The molecule has 0 bridgehead atoms. The van der Waals surface area contributed by atoms with E-state index < -0.39 is 0 Å². The summed E-state index contributed by atoms with van der Waals surface area (Å²) in [5, 5.41) is 4.23. The van der Waals surface area contributed by atoms with Crippen LogP contribution in [0.15, 0.2) is 48.9 Å². The molecule has 2 heterocycles. The minimum absolute atomic E-state index is 0.317. The molecule has 0 amide bonds. The summed E-state index contributed by atoms with van der Waals surface area (Å²) in [4.78, 5) is 19.7. The summed E-state index contributed by atoms with van der Waals surface area (Å²) >= 11 is 0. The second-order valence-corrected chi connectivity index (χ2v) is 5.65. The van der Waals surface area contributed by atoms with Crippen LogP contribution in [0.3, 0.4) is 0 Å². The van der Waals surface area contributed by atoms with E-state index >= 15 is 0 Å². The molecule has 6 nitrogen and oxygen atoms in total. The molecule has 3 aromatic rings. The number of anilines is 1. The first-order chi connectivity index (χ1) is 12.7. The highest BCUT2D eigenvalue weighted by Crippen LogP contribution is 2.29. The molecule has 6 heteroatoms. The van der Waals surface area contributed by atoms with E-state index in [2.05, 4.69) is 15.3 Å². The summed E-state index contributed by atoms with van der Waals surface area (Å²) in [5.74, 6) is 0.375. The number of carbonyl (C=O) groups is 1. The molecule has 3 rings (SSSR count). The molecule has 2 N–H and O–H groups in total. The third-order valence-corrected chi connectivity index (χ3v) is 3.90. The van der Waals surface area contributed by atoms with Gasteiger partial charge in [-0.3, -0.25) is 4.98 Å². The Hall–Kier alpha value is -3.15. The average Bonchev–Trinajstić information content (AvgIpc) is 2.67. The number of carbonyl (C=O) groups excluding carboxylic acids is 1. The maximum Gasteiger partial charge on any atom is 0.346 e. The fraction of sp³-hybridized carbons (Fsp3) is 0.250. The summed E-state index contributed by atoms with van der Waals surface area (Å²) in [6.07, 6.45) is 5.20. The van der Waals surface area contributed by atoms with Crippen molar-refractivity contribution in [1.29, 1.82) is 0 Å². The molecule has 2 aromatic heterocycles. The summed E-state index contributed by atoms with van der Waals surface area (Å²) in [6.45, 7) is 5.16. The van der Waals surface area contributed by atoms with E-state index in [4.69, 9.17) is 9.47 Å². The minimum Gasteiger partial charge on any atom is -0.494 e. The number of nitrogens with one attached hydrogen (secondary N) is 2. The minimum atomic E-state index is -0.374. The fourth-order valence-electron chi connectivity index (χ4n) is 2.73. The molecule has 0 saturated heterocycles. The highest BCUT2D eigenvalue weighted by Gasteiger charge is 2.20. The number of hydrogen-bond donors (Lipinski definition) is 1. The van der Waals surface area contributed by atoms with Gasteiger partial charge in [0.05, 0.1) is 24.3 Å². The van der Waals surface area contributed by atoms with Gasteiger partial charge < -0.3 is 14.8 Å². The van der Waals surface area contributed by atoms with Gasteiger partial charge in [-0.25, -0.2) is 9.78 Å². The van der Waals surface area contributed by atoms with Crippen LogP contribution in [0.25, 0.3) is 10.9 Å². The van der Waals surface area contributed by atoms with Gasteiger partial charge in [-0.1, -0.05) is 6.07 Å². The normalized spacial score (nSPS) is 10.5. The van der Waals surface area contributed by atoms with Gasteiger partial charge in [0.25, 0.3) is 0 Å².